The minimum Gasteiger partial charge on any atom is -0.492 e. The molecule has 1 saturated heterocycles. The summed E-state index contributed by atoms with van der Waals surface area (Å²) in [6.07, 6.45) is 3.28. The zero-order valence-corrected chi connectivity index (χ0v) is 21.2. The molecular weight excluding hydrogens is 459 g/mol. The first-order chi connectivity index (χ1) is 17.5. The van der Waals surface area contributed by atoms with Crippen LogP contribution in [0.15, 0.2) is 48.8 Å². The smallest absolute Gasteiger partial charge is 0.274 e. The summed E-state index contributed by atoms with van der Waals surface area (Å²) in [5.41, 5.74) is 2.51. The SMILES string of the molecule is CCOc1cncc(-c2ccc(CN3CCN(c4ccc(C(=O)N(CC)CC)nn4)CC3)cc2F)c1. The molecule has 1 aliphatic rings. The Morgan fingerprint density at radius 1 is 1.00 bits per heavy atom. The van der Waals surface area contributed by atoms with Crippen LogP contribution in [0.3, 0.4) is 0 Å². The quantitative estimate of drug-likeness (QED) is 0.449. The molecule has 36 heavy (non-hydrogen) atoms. The van der Waals surface area contributed by atoms with Crippen LogP contribution in [0.4, 0.5) is 10.2 Å². The van der Waals surface area contributed by atoms with E-state index in [1.54, 1.807) is 29.4 Å². The van der Waals surface area contributed by atoms with Gasteiger partial charge in [-0.3, -0.25) is 14.7 Å². The summed E-state index contributed by atoms with van der Waals surface area (Å²) in [4.78, 5) is 22.8. The van der Waals surface area contributed by atoms with Gasteiger partial charge in [0.25, 0.3) is 5.91 Å². The fourth-order valence-electron chi connectivity index (χ4n) is 4.38. The van der Waals surface area contributed by atoms with Crippen molar-refractivity contribution in [3.8, 4) is 16.9 Å². The third-order valence-corrected chi connectivity index (χ3v) is 6.39. The number of hydrogen-bond donors (Lipinski definition) is 0. The second-order valence-corrected chi connectivity index (χ2v) is 8.67. The normalized spacial score (nSPS) is 14.1. The van der Waals surface area contributed by atoms with E-state index in [0.717, 1.165) is 37.6 Å². The van der Waals surface area contributed by atoms with E-state index in [2.05, 4.69) is 25.0 Å². The van der Waals surface area contributed by atoms with Crippen LogP contribution in [-0.4, -0.2) is 76.8 Å². The Labute approximate surface area is 211 Å². The van der Waals surface area contributed by atoms with Crippen molar-refractivity contribution in [2.24, 2.45) is 0 Å². The molecule has 1 fully saturated rings. The number of rotatable bonds is 9. The Morgan fingerprint density at radius 3 is 2.42 bits per heavy atom. The Balaban J connectivity index is 1.33. The van der Waals surface area contributed by atoms with Crippen LogP contribution in [0.5, 0.6) is 5.75 Å². The zero-order chi connectivity index (χ0) is 25.5. The Kier molecular flexibility index (Phi) is 8.43. The van der Waals surface area contributed by atoms with E-state index in [-0.39, 0.29) is 11.7 Å². The van der Waals surface area contributed by atoms with Crippen molar-refractivity contribution in [1.82, 2.24) is 25.0 Å². The van der Waals surface area contributed by atoms with Crippen molar-refractivity contribution in [3.63, 3.8) is 0 Å². The minimum absolute atomic E-state index is 0.0969. The molecular formula is C27H33FN6O2. The van der Waals surface area contributed by atoms with Gasteiger partial charge in [-0.1, -0.05) is 12.1 Å². The molecule has 1 aromatic carbocycles. The molecule has 190 valence electrons. The number of aromatic nitrogens is 3. The lowest BCUT2D eigenvalue weighted by atomic mass is 10.0. The highest BCUT2D eigenvalue weighted by atomic mass is 19.1. The van der Waals surface area contributed by atoms with Gasteiger partial charge in [0.2, 0.25) is 0 Å². The number of piperazine rings is 1. The Morgan fingerprint density at radius 2 is 1.78 bits per heavy atom. The third kappa shape index (κ3) is 5.96. The monoisotopic (exact) mass is 492 g/mol. The van der Waals surface area contributed by atoms with Crippen LogP contribution in [0.25, 0.3) is 11.1 Å². The van der Waals surface area contributed by atoms with Crippen LogP contribution in [0.1, 0.15) is 36.8 Å². The molecule has 3 aromatic rings. The number of carbonyl (C=O) groups is 1. The average Bonchev–Trinajstić information content (AvgIpc) is 2.90. The van der Waals surface area contributed by atoms with E-state index >= 15 is 0 Å². The van der Waals surface area contributed by atoms with Crippen LogP contribution in [0, 0.1) is 5.82 Å². The van der Waals surface area contributed by atoms with Gasteiger partial charge in [-0.2, -0.15) is 0 Å². The van der Waals surface area contributed by atoms with Crippen molar-refractivity contribution in [2.75, 3.05) is 50.8 Å². The summed E-state index contributed by atoms with van der Waals surface area (Å²) in [5.74, 6) is 1.03. The van der Waals surface area contributed by atoms with Gasteiger partial charge < -0.3 is 14.5 Å². The molecule has 0 unspecified atom stereocenters. The molecule has 8 nitrogen and oxygen atoms in total. The van der Waals surface area contributed by atoms with Crippen LogP contribution < -0.4 is 9.64 Å². The Bertz CT molecular complexity index is 1160. The number of ether oxygens (including phenoxy) is 1. The van der Waals surface area contributed by atoms with Crippen molar-refractivity contribution in [3.05, 3.63) is 65.9 Å². The molecule has 2 aromatic heterocycles. The number of halogens is 1. The van der Waals surface area contributed by atoms with Crippen LogP contribution in [-0.2, 0) is 6.54 Å². The number of nitrogens with zero attached hydrogens (tertiary/aromatic N) is 6. The molecule has 0 atom stereocenters. The molecule has 9 heteroatoms. The van der Waals surface area contributed by atoms with E-state index in [0.29, 0.717) is 48.8 Å². The zero-order valence-electron chi connectivity index (χ0n) is 21.2. The fourth-order valence-corrected chi connectivity index (χ4v) is 4.38. The maximum atomic E-state index is 14.9. The minimum atomic E-state index is -0.267. The summed E-state index contributed by atoms with van der Waals surface area (Å²) in [5, 5.41) is 8.46. The topological polar surface area (TPSA) is 74.7 Å². The lowest BCUT2D eigenvalue weighted by Crippen LogP contribution is -2.46. The maximum absolute atomic E-state index is 14.9. The molecule has 0 bridgehead atoms. The van der Waals surface area contributed by atoms with Gasteiger partial charge in [-0.05, 0) is 50.6 Å². The molecule has 0 spiro atoms. The van der Waals surface area contributed by atoms with E-state index in [1.165, 1.54) is 0 Å². The van der Waals surface area contributed by atoms with E-state index in [9.17, 15) is 9.18 Å². The largest absolute Gasteiger partial charge is 0.492 e. The number of amides is 1. The summed E-state index contributed by atoms with van der Waals surface area (Å²) < 4.78 is 20.4. The molecule has 0 saturated carbocycles. The lowest BCUT2D eigenvalue weighted by Gasteiger charge is -2.35. The van der Waals surface area contributed by atoms with Gasteiger partial charge >= 0.3 is 0 Å². The number of benzene rings is 1. The lowest BCUT2D eigenvalue weighted by molar-refractivity contribution is 0.0766. The van der Waals surface area contributed by atoms with Crippen molar-refractivity contribution < 1.29 is 13.9 Å². The molecule has 0 radical (unpaired) electrons. The van der Waals surface area contributed by atoms with Gasteiger partial charge in [0.05, 0.1) is 12.8 Å². The molecule has 0 N–H and O–H groups in total. The van der Waals surface area contributed by atoms with Crippen LogP contribution >= 0.6 is 0 Å². The van der Waals surface area contributed by atoms with Crippen molar-refractivity contribution >= 4 is 11.7 Å². The summed E-state index contributed by atoms with van der Waals surface area (Å²) in [6, 6.07) is 10.8. The molecule has 3 heterocycles. The predicted molar refractivity (Wildman–Crippen MR) is 138 cm³/mol. The first-order valence-electron chi connectivity index (χ1n) is 12.5. The molecule has 1 aliphatic heterocycles. The summed E-state index contributed by atoms with van der Waals surface area (Å²) in [6.45, 7) is 11.5. The highest BCUT2D eigenvalue weighted by molar-refractivity contribution is 5.92. The van der Waals surface area contributed by atoms with Gasteiger partial charge in [-0.15, -0.1) is 10.2 Å². The van der Waals surface area contributed by atoms with Gasteiger partial charge in [0, 0.05) is 63.1 Å². The Hall–Kier alpha value is -3.59. The highest BCUT2D eigenvalue weighted by Crippen LogP contribution is 2.26. The first-order valence-corrected chi connectivity index (χ1v) is 12.5. The van der Waals surface area contributed by atoms with Gasteiger partial charge in [-0.25, -0.2) is 4.39 Å². The van der Waals surface area contributed by atoms with E-state index in [4.69, 9.17) is 4.74 Å². The average molecular weight is 493 g/mol. The summed E-state index contributed by atoms with van der Waals surface area (Å²) >= 11 is 0. The third-order valence-electron chi connectivity index (χ3n) is 6.39. The van der Waals surface area contributed by atoms with Gasteiger partial charge in [0.15, 0.2) is 11.5 Å². The molecule has 4 rings (SSSR count). The number of hydrogen-bond acceptors (Lipinski definition) is 7. The highest BCUT2D eigenvalue weighted by Gasteiger charge is 2.20. The van der Waals surface area contributed by atoms with E-state index in [1.807, 2.05) is 45.0 Å². The second-order valence-electron chi connectivity index (χ2n) is 8.67. The van der Waals surface area contributed by atoms with E-state index < -0.39 is 0 Å². The first kappa shape index (κ1) is 25.5. The van der Waals surface area contributed by atoms with Crippen LogP contribution in [0.2, 0.25) is 0 Å². The second kappa shape index (κ2) is 11.9. The molecule has 1 amide bonds. The molecule has 0 aliphatic carbocycles. The predicted octanol–water partition coefficient (Wildman–Crippen LogP) is 3.88. The van der Waals surface area contributed by atoms with Crippen molar-refractivity contribution in [2.45, 2.75) is 27.3 Å². The summed E-state index contributed by atoms with van der Waals surface area (Å²) in [7, 11) is 0. The van der Waals surface area contributed by atoms with Gasteiger partial charge in [0.1, 0.15) is 11.6 Å². The standard InChI is InChI=1S/C27H33FN6O2/c1-4-33(5-2)27(35)25-9-10-26(31-30-25)34-13-11-32(12-14-34)19-20-7-8-23(24(28)15-20)21-16-22(36-6-3)18-29-17-21/h7-10,15-18H,4-6,11-14,19H2,1-3H3. The number of anilines is 1. The van der Waals surface area contributed by atoms with Crippen molar-refractivity contribution in [1.29, 1.82) is 0 Å². The number of carbonyl (C=O) groups excluding carboxylic acids is 1. The fraction of sp³-hybridized carbons (Fsp3) is 0.407. The number of pyridine rings is 1. The maximum Gasteiger partial charge on any atom is 0.274 e.